The van der Waals surface area contributed by atoms with Gasteiger partial charge in [0.1, 0.15) is 5.75 Å². The molecule has 27 heavy (non-hydrogen) atoms. The standard InChI is InChI=1S/C21H22N2O3S/c1-23-19-6-4-16(12-17(19)18-13-27(24,25)10-8-20(18)23)22-15-5-7-21-14(11-15)3-2-9-26-21/h4-7,11-12,22H,2-3,8-10,13H2,1H3. The molecule has 2 aliphatic rings. The highest BCUT2D eigenvalue weighted by atomic mass is 32.2. The van der Waals surface area contributed by atoms with Crippen LogP contribution in [0, 0.1) is 0 Å². The summed E-state index contributed by atoms with van der Waals surface area (Å²) in [5.74, 6) is 1.36. The van der Waals surface area contributed by atoms with Gasteiger partial charge in [0.25, 0.3) is 0 Å². The minimum absolute atomic E-state index is 0.138. The normalized spacial score (nSPS) is 17.8. The molecule has 0 unspecified atom stereocenters. The number of anilines is 2. The maximum atomic E-state index is 12.1. The molecule has 140 valence electrons. The first-order chi connectivity index (χ1) is 13.0. The number of ether oxygens (including phenoxy) is 1. The third-order valence-corrected chi connectivity index (χ3v) is 7.20. The van der Waals surface area contributed by atoms with Gasteiger partial charge in [-0.05, 0) is 60.4 Å². The van der Waals surface area contributed by atoms with Gasteiger partial charge < -0.3 is 14.6 Å². The summed E-state index contributed by atoms with van der Waals surface area (Å²) >= 11 is 0. The van der Waals surface area contributed by atoms with Gasteiger partial charge in [-0.15, -0.1) is 0 Å². The molecule has 0 radical (unpaired) electrons. The van der Waals surface area contributed by atoms with E-state index in [9.17, 15) is 8.42 Å². The zero-order valence-corrected chi connectivity index (χ0v) is 16.1. The van der Waals surface area contributed by atoms with E-state index < -0.39 is 9.84 Å². The van der Waals surface area contributed by atoms with Crippen molar-refractivity contribution in [2.24, 2.45) is 7.05 Å². The Hall–Kier alpha value is -2.47. The monoisotopic (exact) mass is 382 g/mol. The van der Waals surface area contributed by atoms with Crippen LogP contribution in [-0.2, 0) is 35.5 Å². The molecule has 0 amide bonds. The zero-order valence-electron chi connectivity index (χ0n) is 15.3. The van der Waals surface area contributed by atoms with Gasteiger partial charge in [-0.2, -0.15) is 0 Å². The summed E-state index contributed by atoms with van der Waals surface area (Å²) in [6.07, 6.45) is 2.68. The molecule has 2 aromatic carbocycles. The van der Waals surface area contributed by atoms with Gasteiger partial charge in [0.05, 0.1) is 18.1 Å². The maximum absolute atomic E-state index is 12.1. The summed E-state index contributed by atoms with van der Waals surface area (Å²) in [4.78, 5) is 0. The van der Waals surface area contributed by atoms with Crippen LogP contribution in [0.1, 0.15) is 23.2 Å². The van der Waals surface area contributed by atoms with E-state index in [4.69, 9.17) is 4.74 Å². The van der Waals surface area contributed by atoms with E-state index >= 15 is 0 Å². The van der Waals surface area contributed by atoms with Crippen LogP contribution in [0.15, 0.2) is 36.4 Å². The molecule has 2 aliphatic heterocycles. The third-order valence-electron chi connectivity index (χ3n) is 5.65. The number of hydrogen-bond donors (Lipinski definition) is 1. The molecule has 0 saturated heterocycles. The summed E-state index contributed by atoms with van der Waals surface area (Å²) in [5.41, 5.74) is 6.41. The molecule has 6 heteroatoms. The van der Waals surface area contributed by atoms with Gasteiger partial charge in [0.15, 0.2) is 9.84 Å². The Balaban J connectivity index is 1.53. The molecule has 5 rings (SSSR count). The fourth-order valence-corrected chi connectivity index (χ4v) is 5.69. The lowest BCUT2D eigenvalue weighted by Gasteiger charge is -2.18. The molecule has 3 heterocycles. The highest BCUT2D eigenvalue weighted by molar-refractivity contribution is 7.90. The number of aromatic nitrogens is 1. The van der Waals surface area contributed by atoms with Gasteiger partial charge in [0.2, 0.25) is 0 Å². The van der Waals surface area contributed by atoms with Crippen LogP contribution in [0.25, 0.3) is 10.9 Å². The van der Waals surface area contributed by atoms with Crippen molar-refractivity contribution in [3.63, 3.8) is 0 Å². The fourth-order valence-electron chi connectivity index (χ4n) is 4.28. The molecular weight excluding hydrogens is 360 g/mol. The molecule has 0 bridgehead atoms. The highest BCUT2D eigenvalue weighted by Gasteiger charge is 2.26. The Morgan fingerprint density at radius 3 is 2.78 bits per heavy atom. The number of nitrogens with zero attached hydrogens (tertiary/aromatic N) is 1. The van der Waals surface area contributed by atoms with Crippen LogP contribution in [0.2, 0.25) is 0 Å². The summed E-state index contributed by atoms with van der Waals surface area (Å²) < 4.78 is 32.1. The van der Waals surface area contributed by atoms with E-state index in [0.717, 1.165) is 58.7 Å². The minimum Gasteiger partial charge on any atom is -0.493 e. The van der Waals surface area contributed by atoms with Crippen molar-refractivity contribution in [2.45, 2.75) is 25.0 Å². The van der Waals surface area contributed by atoms with Crippen LogP contribution >= 0.6 is 0 Å². The van der Waals surface area contributed by atoms with Crippen molar-refractivity contribution in [3.05, 3.63) is 53.2 Å². The molecule has 1 aromatic heterocycles. The first kappa shape index (κ1) is 16.7. The number of fused-ring (bicyclic) bond motifs is 4. The van der Waals surface area contributed by atoms with Gasteiger partial charge >= 0.3 is 0 Å². The van der Waals surface area contributed by atoms with Crippen molar-refractivity contribution in [2.75, 3.05) is 17.7 Å². The van der Waals surface area contributed by atoms with Gasteiger partial charge in [-0.25, -0.2) is 8.42 Å². The van der Waals surface area contributed by atoms with E-state index in [1.165, 1.54) is 5.56 Å². The lowest BCUT2D eigenvalue weighted by Crippen LogP contribution is -2.19. The average Bonchev–Trinajstić information content (AvgIpc) is 2.92. The number of rotatable bonds is 2. The predicted molar refractivity (Wildman–Crippen MR) is 108 cm³/mol. The van der Waals surface area contributed by atoms with E-state index in [1.54, 1.807) is 0 Å². The van der Waals surface area contributed by atoms with Crippen LogP contribution in [0.3, 0.4) is 0 Å². The Morgan fingerprint density at radius 1 is 1.07 bits per heavy atom. The topological polar surface area (TPSA) is 60.3 Å². The number of benzene rings is 2. The largest absolute Gasteiger partial charge is 0.493 e. The minimum atomic E-state index is -3.00. The molecule has 3 aromatic rings. The van der Waals surface area contributed by atoms with E-state index in [1.807, 2.05) is 19.2 Å². The first-order valence-electron chi connectivity index (χ1n) is 9.33. The Morgan fingerprint density at radius 2 is 1.89 bits per heavy atom. The molecule has 0 aliphatic carbocycles. The number of hydrogen-bond acceptors (Lipinski definition) is 4. The fraction of sp³-hybridized carbons (Fsp3) is 0.333. The van der Waals surface area contributed by atoms with Crippen molar-refractivity contribution in [1.29, 1.82) is 0 Å². The maximum Gasteiger partial charge on any atom is 0.154 e. The molecule has 5 nitrogen and oxygen atoms in total. The highest BCUT2D eigenvalue weighted by Crippen LogP contribution is 2.34. The number of nitrogens with one attached hydrogen (secondary N) is 1. The van der Waals surface area contributed by atoms with Crippen molar-refractivity contribution in [3.8, 4) is 5.75 Å². The third kappa shape index (κ3) is 2.88. The average molecular weight is 382 g/mol. The van der Waals surface area contributed by atoms with Crippen molar-refractivity contribution < 1.29 is 13.2 Å². The molecule has 0 fully saturated rings. The molecular formula is C21H22N2O3S. The lowest BCUT2D eigenvalue weighted by atomic mass is 10.1. The van der Waals surface area contributed by atoms with Crippen LogP contribution in [-0.4, -0.2) is 25.3 Å². The van der Waals surface area contributed by atoms with Crippen LogP contribution in [0.5, 0.6) is 5.75 Å². The first-order valence-corrected chi connectivity index (χ1v) is 11.2. The van der Waals surface area contributed by atoms with Crippen molar-refractivity contribution in [1.82, 2.24) is 4.57 Å². The Bertz CT molecular complexity index is 1160. The summed E-state index contributed by atoms with van der Waals surface area (Å²) in [6.45, 7) is 0.790. The summed E-state index contributed by atoms with van der Waals surface area (Å²) in [6, 6.07) is 12.4. The zero-order chi connectivity index (χ0) is 18.6. The van der Waals surface area contributed by atoms with Crippen LogP contribution < -0.4 is 10.1 Å². The quantitative estimate of drug-likeness (QED) is 0.734. The molecule has 0 atom stereocenters. The lowest BCUT2D eigenvalue weighted by molar-refractivity contribution is 0.288. The molecule has 1 N–H and O–H groups in total. The number of aryl methyl sites for hydroxylation is 2. The van der Waals surface area contributed by atoms with E-state index in [0.29, 0.717) is 6.42 Å². The summed E-state index contributed by atoms with van der Waals surface area (Å²) in [5, 5.41) is 4.50. The second-order valence-electron chi connectivity index (χ2n) is 7.46. The number of sulfone groups is 1. The molecule has 0 spiro atoms. The van der Waals surface area contributed by atoms with Gasteiger partial charge in [-0.1, -0.05) is 0 Å². The molecule has 0 saturated carbocycles. The Labute approximate surface area is 158 Å². The van der Waals surface area contributed by atoms with E-state index in [2.05, 4.69) is 34.1 Å². The Kier molecular flexibility index (Phi) is 3.72. The van der Waals surface area contributed by atoms with Gasteiger partial charge in [0, 0.05) is 41.4 Å². The van der Waals surface area contributed by atoms with Crippen molar-refractivity contribution >= 4 is 32.1 Å². The predicted octanol–water partition coefficient (Wildman–Crippen LogP) is 3.72. The second kappa shape index (κ2) is 6.02. The smallest absolute Gasteiger partial charge is 0.154 e. The van der Waals surface area contributed by atoms with Crippen LogP contribution in [0.4, 0.5) is 11.4 Å². The second-order valence-corrected chi connectivity index (χ2v) is 9.64. The summed E-state index contributed by atoms with van der Waals surface area (Å²) in [7, 11) is -0.980. The van der Waals surface area contributed by atoms with Gasteiger partial charge in [-0.3, -0.25) is 0 Å². The van der Waals surface area contributed by atoms with E-state index in [-0.39, 0.29) is 11.5 Å². The SMILES string of the molecule is Cn1c2c(c3cc(Nc4ccc5c(c4)CCCO5)ccc31)CS(=O)(=O)CC2.